The van der Waals surface area contributed by atoms with Crippen molar-refractivity contribution in [1.29, 1.82) is 0 Å². The van der Waals surface area contributed by atoms with Crippen LogP contribution in [0.2, 0.25) is 0 Å². The number of carboxylic acid groups (broad SMARTS) is 1. The van der Waals surface area contributed by atoms with Crippen LogP contribution in [0.4, 0.5) is 0 Å². The maximum Gasteiger partial charge on any atom is 0.371 e. The molecule has 0 unspecified atom stereocenters. The molecule has 3 N–H and O–H groups in total. The zero-order valence-corrected chi connectivity index (χ0v) is 12.9. The summed E-state index contributed by atoms with van der Waals surface area (Å²) < 4.78 is 6.77. The van der Waals surface area contributed by atoms with Crippen molar-refractivity contribution in [3.63, 3.8) is 0 Å². The summed E-state index contributed by atoms with van der Waals surface area (Å²) in [5.74, 6) is 7.24. The van der Waals surface area contributed by atoms with Gasteiger partial charge in [0, 0.05) is 5.92 Å². The third-order valence-electron chi connectivity index (χ3n) is 3.88. The van der Waals surface area contributed by atoms with E-state index < -0.39 is 5.97 Å². The van der Waals surface area contributed by atoms with Crippen LogP contribution in [0.25, 0.3) is 0 Å². The zero-order valence-electron chi connectivity index (χ0n) is 12.1. The van der Waals surface area contributed by atoms with Crippen molar-refractivity contribution in [3.8, 4) is 0 Å². The molecule has 0 saturated heterocycles. The lowest BCUT2D eigenvalue weighted by Crippen LogP contribution is -2.18. The number of carboxylic acids is 1. The van der Waals surface area contributed by atoms with Crippen molar-refractivity contribution < 1.29 is 14.3 Å². The van der Waals surface area contributed by atoms with Crippen LogP contribution in [-0.4, -0.2) is 25.9 Å². The first-order valence-corrected chi connectivity index (χ1v) is 8.29. The number of hydrogen-bond acceptors (Lipinski definition) is 6. The third kappa shape index (κ3) is 3.11. The normalized spacial score (nSPS) is 16.0. The van der Waals surface area contributed by atoms with E-state index in [0.717, 1.165) is 18.7 Å². The van der Waals surface area contributed by atoms with E-state index in [1.165, 1.54) is 37.1 Å². The Morgan fingerprint density at radius 2 is 2.14 bits per heavy atom. The molecule has 1 aliphatic carbocycles. The second-order valence-electron chi connectivity index (χ2n) is 5.41. The molecular weight excluding hydrogens is 304 g/mol. The van der Waals surface area contributed by atoms with Crippen LogP contribution in [0.1, 0.15) is 60.2 Å². The molecule has 0 aliphatic heterocycles. The summed E-state index contributed by atoms with van der Waals surface area (Å²) in [6.45, 7) is 0. The predicted octanol–water partition coefficient (Wildman–Crippen LogP) is 2.62. The lowest BCUT2D eigenvalue weighted by Gasteiger charge is -2.20. The van der Waals surface area contributed by atoms with Gasteiger partial charge in [-0.25, -0.2) is 9.47 Å². The Bertz CT molecular complexity index is 661. The summed E-state index contributed by atoms with van der Waals surface area (Å²) in [5.41, 5.74) is 0. The van der Waals surface area contributed by atoms with E-state index in [-0.39, 0.29) is 5.76 Å². The van der Waals surface area contributed by atoms with Crippen molar-refractivity contribution >= 4 is 17.7 Å². The van der Waals surface area contributed by atoms with Crippen LogP contribution in [0.5, 0.6) is 0 Å². The van der Waals surface area contributed by atoms with Gasteiger partial charge in [0.1, 0.15) is 5.76 Å². The Balaban J connectivity index is 1.65. The first-order chi connectivity index (χ1) is 10.6. The highest BCUT2D eigenvalue weighted by atomic mass is 32.2. The summed E-state index contributed by atoms with van der Waals surface area (Å²) in [6.07, 6.45) is 5.93. The van der Waals surface area contributed by atoms with Gasteiger partial charge >= 0.3 is 5.97 Å². The number of nitrogen functional groups attached to an aromatic ring is 1. The van der Waals surface area contributed by atoms with E-state index in [4.69, 9.17) is 15.4 Å². The minimum Gasteiger partial charge on any atom is -0.475 e. The fourth-order valence-corrected chi connectivity index (χ4v) is 3.49. The first kappa shape index (κ1) is 15.0. The Hall–Kier alpha value is -1.96. The summed E-state index contributed by atoms with van der Waals surface area (Å²) in [7, 11) is 0. The average molecular weight is 322 g/mol. The smallest absolute Gasteiger partial charge is 0.371 e. The van der Waals surface area contributed by atoms with Crippen molar-refractivity contribution in [2.45, 2.75) is 48.9 Å². The highest BCUT2D eigenvalue weighted by Gasteiger charge is 2.22. The summed E-state index contributed by atoms with van der Waals surface area (Å²) in [5, 5.41) is 17.8. The van der Waals surface area contributed by atoms with Gasteiger partial charge in [0.2, 0.25) is 10.9 Å². The molecule has 0 aromatic carbocycles. The van der Waals surface area contributed by atoms with Crippen LogP contribution < -0.4 is 5.84 Å². The molecule has 0 amide bonds. The van der Waals surface area contributed by atoms with Gasteiger partial charge < -0.3 is 15.4 Å². The predicted molar refractivity (Wildman–Crippen MR) is 81.2 cm³/mol. The number of aromatic carboxylic acids is 1. The molecule has 1 saturated carbocycles. The van der Waals surface area contributed by atoms with Crippen molar-refractivity contribution in [1.82, 2.24) is 14.9 Å². The first-order valence-electron chi connectivity index (χ1n) is 7.30. The number of hydrogen-bond donors (Lipinski definition) is 2. The topological polar surface area (TPSA) is 107 Å². The molecule has 2 aromatic heterocycles. The highest BCUT2D eigenvalue weighted by Crippen LogP contribution is 2.32. The number of rotatable bonds is 5. The second kappa shape index (κ2) is 6.43. The van der Waals surface area contributed by atoms with Crippen LogP contribution in [0.3, 0.4) is 0 Å². The molecule has 0 atom stereocenters. The SMILES string of the molecule is Nn1c(SCc2ccc(C(=O)O)o2)nnc1C1CCCCC1. The standard InChI is InChI=1S/C14H18N4O3S/c15-18-12(9-4-2-1-3-5-9)16-17-14(18)22-8-10-6-7-11(21-10)13(19)20/h6-7,9H,1-5,8,15H2,(H,19,20). The lowest BCUT2D eigenvalue weighted by atomic mass is 9.89. The minimum atomic E-state index is -1.07. The van der Waals surface area contributed by atoms with E-state index >= 15 is 0 Å². The molecule has 1 fully saturated rings. The number of nitrogens with zero attached hydrogens (tertiary/aromatic N) is 3. The maximum absolute atomic E-state index is 10.8. The van der Waals surface area contributed by atoms with E-state index in [1.54, 1.807) is 10.7 Å². The van der Waals surface area contributed by atoms with E-state index in [0.29, 0.717) is 22.6 Å². The molecule has 8 heteroatoms. The fraction of sp³-hybridized carbons (Fsp3) is 0.500. The van der Waals surface area contributed by atoms with Gasteiger partial charge in [-0.05, 0) is 25.0 Å². The second-order valence-corrected chi connectivity index (χ2v) is 6.35. The van der Waals surface area contributed by atoms with Gasteiger partial charge in [-0.3, -0.25) is 0 Å². The van der Waals surface area contributed by atoms with Crippen LogP contribution >= 0.6 is 11.8 Å². The van der Waals surface area contributed by atoms with Crippen LogP contribution in [-0.2, 0) is 5.75 Å². The number of thioether (sulfide) groups is 1. The molecule has 7 nitrogen and oxygen atoms in total. The van der Waals surface area contributed by atoms with E-state index in [1.807, 2.05) is 0 Å². The molecular formula is C14H18N4O3S. The van der Waals surface area contributed by atoms with Crippen molar-refractivity contribution in [3.05, 3.63) is 29.5 Å². The molecule has 2 aromatic rings. The van der Waals surface area contributed by atoms with Gasteiger partial charge in [0.15, 0.2) is 5.82 Å². The minimum absolute atomic E-state index is 0.0623. The molecule has 22 heavy (non-hydrogen) atoms. The van der Waals surface area contributed by atoms with Crippen LogP contribution in [0.15, 0.2) is 21.7 Å². The van der Waals surface area contributed by atoms with Gasteiger partial charge in [-0.2, -0.15) is 0 Å². The third-order valence-corrected chi connectivity index (χ3v) is 4.84. The molecule has 118 valence electrons. The molecule has 3 rings (SSSR count). The monoisotopic (exact) mass is 322 g/mol. The largest absolute Gasteiger partial charge is 0.475 e. The molecule has 0 spiro atoms. The van der Waals surface area contributed by atoms with Crippen molar-refractivity contribution in [2.24, 2.45) is 0 Å². The molecule has 2 heterocycles. The summed E-state index contributed by atoms with van der Waals surface area (Å²) in [4.78, 5) is 10.8. The molecule has 0 bridgehead atoms. The van der Waals surface area contributed by atoms with Gasteiger partial charge in [-0.15, -0.1) is 10.2 Å². The molecule has 0 radical (unpaired) electrons. The quantitative estimate of drug-likeness (QED) is 0.643. The Labute approximate surface area is 131 Å². The Kier molecular flexibility index (Phi) is 4.37. The van der Waals surface area contributed by atoms with E-state index in [2.05, 4.69) is 10.2 Å². The van der Waals surface area contributed by atoms with Gasteiger partial charge in [-0.1, -0.05) is 31.0 Å². The number of carbonyl (C=O) groups is 1. The summed E-state index contributed by atoms with van der Waals surface area (Å²) >= 11 is 1.39. The van der Waals surface area contributed by atoms with Gasteiger partial charge in [0.05, 0.1) is 5.75 Å². The lowest BCUT2D eigenvalue weighted by molar-refractivity contribution is 0.0661. The zero-order chi connectivity index (χ0) is 15.5. The van der Waals surface area contributed by atoms with Crippen LogP contribution in [0, 0.1) is 0 Å². The Morgan fingerprint density at radius 1 is 1.36 bits per heavy atom. The van der Waals surface area contributed by atoms with Gasteiger partial charge in [0.25, 0.3) is 0 Å². The number of furan rings is 1. The molecule has 1 aliphatic rings. The van der Waals surface area contributed by atoms with E-state index in [9.17, 15) is 4.79 Å². The fourth-order valence-electron chi connectivity index (χ4n) is 2.73. The number of nitrogens with two attached hydrogens (primary N) is 1. The highest BCUT2D eigenvalue weighted by molar-refractivity contribution is 7.98. The summed E-state index contributed by atoms with van der Waals surface area (Å²) in [6, 6.07) is 3.09. The average Bonchev–Trinajstić information content (AvgIpc) is 3.13. The number of aromatic nitrogens is 3. The Morgan fingerprint density at radius 3 is 2.82 bits per heavy atom. The maximum atomic E-state index is 10.8. The van der Waals surface area contributed by atoms with Crippen molar-refractivity contribution in [2.75, 3.05) is 5.84 Å².